The Morgan fingerprint density at radius 1 is 1.32 bits per heavy atom. The second-order valence-corrected chi connectivity index (χ2v) is 7.97. The fourth-order valence-electron chi connectivity index (χ4n) is 4.01. The number of rotatable bonds is 3. The van der Waals surface area contributed by atoms with Crippen molar-refractivity contribution >= 4 is 41.3 Å². The largest absolute Gasteiger partial charge is 0.393 e. The second kappa shape index (κ2) is 10.1. The molecule has 0 aromatic carbocycles. The number of aliphatic hydroxyl groups excluding tert-OH is 1. The highest BCUT2D eigenvalue weighted by atomic mass is 127. The van der Waals surface area contributed by atoms with Crippen molar-refractivity contribution in [2.24, 2.45) is 10.9 Å². The number of thiophene rings is 1. The zero-order valence-corrected chi connectivity index (χ0v) is 18.4. The fourth-order valence-corrected chi connectivity index (χ4v) is 5.00. The molecule has 0 amide bonds. The number of aliphatic imine (C=N–C) groups is 1. The first-order valence-electron chi connectivity index (χ1n) is 9.06. The smallest absolute Gasteiger partial charge is 0.193 e. The van der Waals surface area contributed by atoms with Crippen LogP contribution in [0.3, 0.4) is 0 Å². The molecule has 0 bridgehead atoms. The third-order valence-corrected chi connectivity index (χ3v) is 6.28. The molecule has 3 rings (SSSR count). The van der Waals surface area contributed by atoms with E-state index in [-0.39, 0.29) is 30.1 Å². The van der Waals surface area contributed by atoms with Gasteiger partial charge < -0.3 is 15.3 Å². The minimum absolute atomic E-state index is 0. The Balaban J connectivity index is 0.00000225. The van der Waals surface area contributed by atoms with Crippen LogP contribution in [0.5, 0.6) is 0 Å². The van der Waals surface area contributed by atoms with Gasteiger partial charge in [-0.05, 0) is 56.6 Å². The van der Waals surface area contributed by atoms with E-state index in [9.17, 15) is 5.11 Å². The Morgan fingerprint density at radius 3 is 2.72 bits per heavy atom. The van der Waals surface area contributed by atoms with Crippen molar-refractivity contribution in [2.45, 2.75) is 37.8 Å². The van der Waals surface area contributed by atoms with E-state index in [2.05, 4.69) is 44.7 Å². The molecule has 2 fully saturated rings. The first-order valence-corrected chi connectivity index (χ1v) is 9.94. The number of aliphatic hydroxyl groups is 1. The summed E-state index contributed by atoms with van der Waals surface area (Å²) < 4.78 is 0. The summed E-state index contributed by atoms with van der Waals surface area (Å²) in [5, 5.41) is 15.5. The molecule has 2 atom stereocenters. The molecule has 0 saturated carbocycles. The SMILES string of the molecule is CN=C(NCC1CCCN(C)C1c1cccs1)N1CCC(O)CC1.I. The first-order chi connectivity index (χ1) is 11.7. The van der Waals surface area contributed by atoms with Crippen molar-refractivity contribution in [3.8, 4) is 0 Å². The van der Waals surface area contributed by atoms with Crippen LogP contribution in [-0.4, -0.2) is 67.2 Å². The predicted molar refractivity (Wildman–Crippen MR) is 116 cm³/mol. The van der Waals surface area contributed by atoms with Gasteiger partial charge >= 0.3 is 0 Å². The number of nitrogens with one attached hydrogen (secondary N) is 1. The van der Waals surface area contributed by atoms with E-state index < -0.39 is 0 Å². The molecule has 1 aromatic rings. The number of piperidine rings is 2. The van der Waals surface area contributed by atoms with Gasteiger partial charge in [0.1, 0.15) is 0 Å². The van der Waals surface area contributed by atoms with E-state index in [0.717, 1.165) is 38.4 Å². The average Bonchev–Trinajstić information content (AvgIpc) is 3.11. The zero-order chi connectivity index (χ0) is 16.9. The van der Waals surface area contributed by atoms with Crippen LogP contribution in [-0.2, 0) is 0 Å². The van der Waals surface area contributed by atoms with Crippen LogP contribution in [0.4, 0.5) is 0 Å². The lowest BCUT2D eigenvalue weighted by molar-refractivity contribution is 0.106. The molecule has 0 aliphatic carbocycles. The van der Waals surface area contributed by atoms with Crippen LogP contribution >= 0.6 is 35.3 Å². The quantitative estimate of drug-likeness (QED) is 0.399. The molecular weight excluding hydrogens is 447 g/mol. The number of guanidine groups is 1. The third-order valence-electron chi connectivity index (χ3n) is 5.34. The van der Waals surface area contributed by atoms with Gasteiger partial charge in [0.2, 0.25) is 0 Å². The van der Waals surface area contributed by atoms with Crippen LogP contribution in [0.2, 0.25) is 0 Å². The third kappa shape index (κ3) is 5.30. The summed E-state index contributed by atoms with van der Waals surface area (Å²) in [7, 11) is 4.11. The maximum absolute atomic E-state index is 9.69. The van der Waals surface area contributed by atoms with Crippen molar-refractivity contribution in [2.75, 3.05) is 40.3 Å². The molecule has 25 heavy (non-hydrogen) atoms. The summed E-state index contributed by atoms with van der Waals surface area (Å²) in [4.78, 5) is 10.7. The number of nitrogens with zero attached hydrogens (tertiary/aromatic N) is 3. The molecule has 2 aliphatic rings. The van der Waals surface area contributed by atoms with E-state index in [1.165, 1.54) is 24.3 Å². The molecule has 0 radical (unpaired) electrons. The first kappa shape index (κ1) is 20.9. The van der Waals surface area contributed by atoms with Crippen molar-refractivity contribution < 1.29 is 5.11 Å². The molecule has 3 heterocycles. The Labute approximate surface area is 172 Å². The van der Waals surface area contributed by atoms with Crippen LogP contribution in [0, 0.1) is 5.92 Å². The van der Waals surface area contributed by atoms with Crippen LogP contribution in [0.15, 0.2) is 22.5 Å². The Bertz CT molecular complexity index is 531. The van der Waals surface area contributed by atoms with E-state index >= 15 is 0 Å². The standard InChI is InChI=1S/C18H30N4OS.HI/c1-19-18(22-10-7-15(23)8-11-22)20-13-14-5-3-9-21(2)17(14)16-6-4-12-24-16;/h4,6,12,14-15,17,23H,3,5,7-11,13H2,1-2H3,(H,19,20);1H. The Kier molecular flexibility index (Phi) is 8.44. The highest BCUT2D eigenvalue weighted by Crippen LogP contribution is 2.36. The molecular formula is C18H31IN4OS. The maximum Gasteiger partial charge on any atom is 0.193 e. The number of hydrogen-bond donors (Lipinski definition) is 2. The van der Waals surface area contributed by atoms with Gasteiger partial charge in [-0.3, -0.25) is 9.89 Å². The van der Waals surface area contributed by atoms with Crippen LogP contribution in [0.25, 0.3) is 0 Å². The normalized spacial score (nSPS) is 26.4. The van der Waals surface area contributed by atoms with Crippen molar-refractivity contribution in [3.63, 3.8) is 0 Å². The van der Waals surface area contributed by atoms with Crippen LogP contribution < -0.4 is 5.32 Å². The summed E-state index contributed by atoms with van der Waals surface area (Å²) >= 11 is 1.87. The molecule has 7 heteroatoms. The lowest BCUT2D eigenvalue weighted by Crippen LogP contribution is -2.49. The molecule has 2 unspecified atom stereocenters. The molecule has 1 aromatic heterocycles. The lowest BCUT2D eigenvalue weighted by atomic mass is 9.88. The van der Waals surface area contributed by atoms with E-state index in [1.807, 2.05) is 18.4 Å². The van der Waals surface area contributed by atoms with Gasteiger partial charge in [-0.15, -0.1) is 35.3 Å². The number of halogens is 1. The Hall–Kier alpha value is -0.380. The maximum atomic E-state index is 9.69. The van der Waals surface area contributed by atoms with Gasteiger partial charge in [0.05, 0.1) is 6.10 Å². The molecule has 5 nitrogen and oxygen atoms in total. The summed E-state index contributed by atoms with van der Waals surface area (Å²) in [6, 6.07) is 4.93. The number of hydrogen-bond acceptors (Lipinski definition) is 4. The fraction of sp³-hybridized carbons (Fsp3) is 0.722. The van der Waals surface area contributed by atoms with E-state index in [1.54, 1.807) is 0 Å². The number of likely N-dealkylation sites (tertiary alicyclic amines) is 2. The summed E-state index contributed by atoms with van der Waals surface area (Å²) in [6.45, 7) is 3.91. The van der Waals surface area contributed by atoms with Gasteiger partial charge in [0.15, 0.2) is 5.96 Å². The second-order valence-electron chi connectivity index (χ2n) is 6.99. The highest BCUT2D eigenvalue weighted by molar-refractivity contribution is 14.0. The summed E-state index contributed by atoms with van der Waals surface area (Å²) in [5.41, 5.74) is 0. The van der Waals surface area contributed by atoms with E-state index in [0.29, 0.717) is 12.0 Å². The summed E-state index contributed by atoms with van der Waals surface area (Å²) in [6.07, 6.45) is 4.05. The topological polar surface area (TPSA) is 51.1 Å². The van der Waals surface area contributed by atoms with E-state index in [4.69, 9.17) is 0 Å². The lowest BCUT2D eigenvalue weighted by Gasteiger charge is -2.40. The van der Waals surface area contributed by atoms with Crippen molar-refractivity contribution in [1.82, 2.24) is 15.1 Å². The molecule has 0 spiro atoms. The molecule has 2 aliphatic heterocycles. The van der Waals surface area contributed by atoms with Gasteiger partial charge in [-0.2, -0.15) is 0 Å². The monoisotopic (exact) mass is 478 g/mol. The predicted octanol–water partition coefficient (Wildman–Crippen LogP) is 2.78. The molecule has 2 N–H and O–H groups in total. The van der Waals surface area contributed by atoms with Gasteiger partial charge in [-0.25, -0.2) is 0 Å². The minimum atomic E-state index is -0.144. The zero-order valence-electron chi connectivity index (χ0n) is 15.2. The van der Waals surface area contributed by atoms with Crippen molar-refractivity contribution in [3.05, 3.63) is 22.4 Å². The van der Waals surface area contributed by atoms with Crippen molar-refractivity contribution in [1.29, 1.82) is 0 Å². The van der Waals surface area contributed by atoms with Gasteiger partial charge in [0, 0.05) is 37.6 Å². The van der Waals surface area contributed by atoms with Gasteiger partial charge in [-0.1, -0.05) is 6.07 Å². The molecule has 2 saturated heterocycles. The van der Waals surface area contributed by atoms with Gasteiger partial charge in [0.25, 0.3) is 0 Å². The average molecular weight is 478 g/mol. The summed E-state index contributed by atoms with van der Waals surface area (Å²) in [5.74, 6) is 1.59. The minimum Gasteiger partial charge on any atom is -0.393 e. The van der Waals surface area contributed by atoms with Crippen LogP contribution in [0.1, 0.15) is 36.6 Å². The highest BCUT2D eigenvalue weighted by Gasteiger charge is 2.31. The Morgan fingerprint density at radius 2 is 2.08 bits per heavy atom. The molecule has 142 valence electrons.